The fourth-order valence-corrected chi connectivity index (χ4v) is 2.21. The molecule has 0 unspecified atom stereocenters. The third kappa shape index (κ3) is 2.89. The SMILES string of the molecule is CCOC(=O)C1=C(C)N(C)C(=O)N[C@@H]1c1ccc(F)cc1. The molecule has 0 saturated carbocycles. The molecule has 0 spiro atoms. The van der Waals surface area contributed by atoms with Crippen molar-refractivity contribution in [3.63, 3.8) is 0 Å². The van der Waals surface area contributed by atoms with E-state index in [9.17, 15) is 14.0 Å². The number of nitrogens with zero attached hydrogens (tertiary/aromatic N) is 1. The molecule has 1 N–H and O–H groups in total. The summed E-state index contributed by atoms with van der Waals surface area (Å²) in [5, 5.41) is 2.73. The maximum Gasteiger partial charge on any atom is 0.338 e. The molecule has 1 atom stereocenters. The molecule has 2 amide bonds. The molecule has 1 aliphatic rings. The van der Waals surface area contributed by atoms with Gasteiger partial charge >= 0.3 is 12.0 Å². The third-order valence-electron chi connectivity index (χ3n) is 3.45. The van der Waals surface area contributed by atoms with Crippen LogP contribution in [0, 0.1) is 5.82 Å². The van der Waals surface area contributed by atoms with E-state index in [4.69, 9.17) is 4.74 Å². The van der Waals surface area contributed by atoms with Gasteiger partial charge in [-0.1, -0.05) is 12.1 Å². The van der Waals surface area contributed by atoms with Crippen LogP contribution < -0.4 is 5.32 Å². The predicted molar refractivity (Wildman–Crippen MR) is 74.8 cm³/mol. The number of hydrogen-bond acceptors (Lipinski definition) is 3. The molecule has 1 aromatic carbocycles. The van der Waals surface area contributed by atoms with Gasteiger partial charge in [-0.05, 0) is 31.5 Å². The first-order chi connectivity index (χ1) is 9.95. The Labute approximate surface area is 122 Å². The highest BCUT2D eigenvalue weighted by Gasteiger charge is 2.34. The molecule has 0 radical (unpaired) electrons. The maximum absolute atomic E-state index is 13.0. The topological polar surface area (TPSA) is 58.6 Å². The van der Waals surface area contributed by atoms with Crippen molar-refractivity contribution < 1.29 is 18.7 Å². The molecule has 0 aromatic heterocycles. The van der Waals surface area contributed by atoms with Gasteiger partial charge < -0.3 is 15.0 Å². The predicted octanol–water partition coefficient (Wildman–Crippen LogP) is 2.36. The van der Waals surface area contributed by atoms with E-state index in [0.29, 0.717) is 16.8 Å². The molecule has 0 bridgehead atoms. The normalized spacial score (nSPS) is 18.6. The van der Waals surface area contributed by atoms with Gasteiger partial charge in [0.2, 0.25) is 0 Å². The van der Waals surface area contributed by atoms with Crippen LogP contribution in [0.2, 0.25) is 0 Å². The summed E-state index contributed by atoms with van der Waals surface area (Å²) in [7, 11) is 1.57. The third-order valence-corrected chi connectivity index (χ3v) is 3.45. The minimum absolute atomic E-state index is 0.239. The zero-order valence-corrected chi connectivity index (χ0v) is 12.1. The zero-order valence-electron chi connectivity index (χ0n) is 12.1. The summed E-state index contributed by atoms with van der Waals surface area (Å²) < 4.78 is 18.1. The van der Waals surface area contributed by atoms with Crippen LogP contribution in [0.15, 0.2) is 35.5 Å². The lowest BCUT2D eigenvalue weighted by atomic mass is 9.95. The number of urea groups is 1. The summed E-state index contributed by atoms with van der Waals surface area (Å²) in [6, 6.07) is 4.69. The van der Waals surface area contributed by atoms with Crippen LogP contribution in [0.25, 0.3) is 0 Å². The van der Waals surface area contributed by atoms with Crippen LogP contribution in [0.1, 0.15) is 25.5 Å². The van der Waals surface area contributed by atoms with Crippen molar-refractivity contribution in [2.45, 2.75) is 19.9 Å². The quantitative estimate of drug-likeness (QED) is 0.870. The second-order valence-electron chi connectivity index (χ2n) is 4.71. The highest BCUT2D eigenvalue weighted by atomic mass is 19.1. The van der Waals surface area contributed by atoms with Crippen LogP contribution in [-0.4, -0.2) is 30.6 Å². The van der Waals surface area contributed by atoms with Crippen LogP contribution in [0.5, 0.6) is 0 Å². The summed E-state index contributed by atoms with van der Waals surface area (Å²) in [6.07, 6.45) is 0. The number of nitrogens with one attached hydrogen (secondary N) is 1. The van der Waals surface area contributed by atoms with Gasteiger partial charge in [-0.25, -0.2) is 14.0 Å². The molecule has 6 heteroatoms. The molecule has 1 aromatic rings. The lowest BCUT2D eigenvalue weighted by molar-refractivity contribution is -0.139. The first-order valence-corrected chi connectivity index (χ1v) is 6.63. The van der Waals surface area contributed by atoms with Gasteiger partial charge in [0.15, 0.2) is 0 Å². The van der Waals surface area contributed by atoms with E-state index in [1.165, 1.54) is 29.2 Å². The summed E-state index contributed by atoms with van der Waals surface area (Å²) in [6.45, 7) is 3.64. The van der Waals surface area contributed by atoms with Crippen molar-refractivity contribution in [3.8, 4) is 0 Å². The van der Waals surface area contributed by atoms with Gasteiger partial charge in [0.1, 0.15) is 5.82 Å². The molecule has 0 saturated heterocycles. The van der Waals surface area contributed by atoms with Crippen molar-refractivity contribution in [2.75, 3.05) is 13.7 Å². The average molecular weight is 292 g/mol. The van der Waals surface area contributed by atoms with Gasteiger partial charge in [0, 0.05) is 12.7 Å². The number of benzene rings is 1. The van der Waals surface area contributed by atoms with Gasteiger partial charge in [-0.15, -0.1) is 0 Å². The number of carbonyl (C=O) groups is 2. The van der Waals surface area contributed by atoms with Crippen LogP contribution in [-0.2, 0) is 9.53 Å². The Kier molecular flexibility index (Phi) is 4.26. The van der Waals surface area contributed by atoms with E-state index in [2.05, 4.69) is 5.32 Å². The van der Waals surface area contributed by atoms with E-state index in [0.717, 1.165) is 0 Å². The fraction of sp³-hybridized carbons (Fsp3) is 0.333. The van der Waals surface area contributed by atoms with Crippen molar-refractivity contribution in [3.05, 3.63) is 46.9 Å². The van der Waals surface area contributed by atoms with Gasteiger partial charge in [-0.3, -0.25) is 0 Å². The lowest BCUT2D eigenvalue weighted by Gasteiger charge is -2.33. The van der Waals surface area contributed by atoms with E-state index >= 15 is 0 Å². The van der Waals surface area contributed by atoms with Gasteiger partial charge in [0.05, 0.1) is 18.2 Å². The highest BCUT2D eigenvalue weighted by molar-refractivity contribution is 5.94. The Hall–Kier alpha value is -2.37. The molecule has 21 heavy (non-hydrogen) atoms. The Bertz CT molecular complexity index is 595. The van der Waals surface area contributed by atoms with Crippen molar-refractivity contribution in [2.24, 2.45) is 0 Å². The summed E-state index contributed by atoms with van der Waals surface area (Å²) >= 11 is 0. The Morgan fingerprint density at radius 3 is 2.57 bits per heavy atom. The molecule has 2 rings (SSSR count). The molecule has 1 aliphatic heterocycles. The first-order valence-electron chi connectivity index (χ1n) is 6.63. The van der Waals surface area contributed by atoms with Crippen molar-refractivity contribution in [1.29, 1.82) is 0 Å². The average Bonchev–Trinajstić information content (AvgIpc) is 2.45. The minimum Gasteiger partial charge on any atom is -0.463 e. The number of esters is 1. The smallest absolute Gasteiger partial charge is 0.338 e. The van der Waals surface area contributed by atoms with Crippen molar-refractivity contribution >= 4 is 12.0 Å². The summed E-state index contributed by atoms with van der Waals surface area (Å²) in [5.74, 6) is -0.868. The molecular weight excluding hydrogens is 275 g/mol. The fourth-order valence-electron chi connectivity index (χ4n) is 2.21. The molecule has 1 heterocycles. The highest BCUT2D eigenvalue weighted by Crippen LogP contribution is 2.30. The minimum atomic E-state index is -0.645. The van der Waals surface area contributed by atoms with Crippen molar-refractivity contribution in [1.82, 2.24) is 10.2 Å². The summed E-state index contributed by atoms with van der Waals surface area (Å²) in [4.78, 5) is 25.5. The number of halogens is 1. The monoisotopic (exact) mass is 292 g/mol. The van der Waals surface area contributed by atoms with Crippen LogP contribution >= 0.6 is 0 Å². The van der Waals surface area contributed by atoms with Gasteiger partial charge in [-0.2, -0.15) is 0 Å². The summed E-state index contributed by atoms with van der Waals surface area (Å²) in [5.41, 5.74) is 1.50. The second kappa shape index (κ2) is 5.95. The lowest BCUT2D eigenvalue weighted by Crippen LogP contribution is -2.46. The Morgan fingerprint density at radius 2 is 2.00 bits per heavy atom. The Morgan fingerprint density at radius 1 is 1.38 bits per heavy atom. The number of carbonyl (C=O) groups excluding carboxylic acids is 2. The van der Waals surface area contributed by atoms with E-state index in [-0.39, 0.29) is 18.5 Å². The number of rotatable bonds is 3. The van der Waals surface area contributed by atoms with Crippen LogP contribution in [0.3, 0.4) is 0 Å². The molecule has 112 valence electrons. The zero-order chi connectivity index (χ0) is 15.6. The maximum atomic E-state index is 13.0. The first kappa shape index (κ1) is 15.0. The number of amides is 2. The number of allylic oxidation sites excluding steroid dienone is 1. The largest absolute Gasteiger partial charge is 0.463 e. The van der Waals surface area contributed by atoms with Crippen LogP contribution in [0.4, 0.5) is 9.18 Å². The molecule has 0 aliphatic carbocycles. The molecular formula is C15H17FN2O3. The van der Waals surface area contributed by atoms with E-state index in [1.54, 1.807) is 20.9 Å². The Balaban J connectivity index is 2.48. The van der Waals surface area contributed by atoms with E-state index in [1.807, 2.05) is 0 Å². The second-order valence-corrected chi connectivity index (χ2v) is 4.71. The van der Waals surface area contributed by atoms with Gasteiger partial charge in [0.25, 0.3) is 0 Å². The molecule has 0 fully saturated rings. The number of ether oxygens (including phenoxy) is 1. The standard InChI is InChI=1S/C15H17FN2O3/c1-4-21-14(19)12-9(2)18(3)15(20)17-13(12)10-5-7-11(16)8-6-10/h5-8,13H,4H2,1-3H3,(H,17,20)/t13-/m1/s1. The number of hydrogen-bond donors (Lipinski definition) is 1. The molecule has 5 nitrogen and oxygen atoms in total. The van der Waals surface area contributed by atoms with E-state index < -0.39 is 12.0 Å².